The van der Waals surface area contributed by atoms with Gasteiger partial charge in [-0.1, -0.05) is 379 Å². The minimum absolute atomic E-state index is 0.0161. The highest BCUT2D eigenvalue weighted by atomic mass is 16.6. The van der Waals surface area contributed by atoms with Crippen molar-refractivity contribution in [2.24, 2.45) is 5.92 Å². The highest BCUT2D eigenvalue weighted by Crippen LogP contribution is 2.30. The summed E-state index contributed by atoms with van der Waals surface area (Å²) in [5.74, 6) is -5.64. The van der Waals surface area contributed by atoms with Crippen molar-refractivity contribution in [3.05, 3.63) is 35.9 Å². The highest BCUT2D eigenvalue weighted by molar-refractivity contribution is 6.07. The van der Waals surface area contributed by atoms with E-state index >= 15 is 0 Å². The summed E-state index contributed by atoms with van der Waals surface area (Å²) in [6.45, 7) is 7.03. The standard InChI is InChI=1S/C74H134O8/c1-4-7-10-13-16-19-22-25-28-31-34-37-40-43-46-49-52-58-63-80-70(76)67-74(79,73(78)82-65-60-54-51-48-45-42-39-36-33-30-27-24-21-18-15-12-9-6-3)71(69(75)66-68-61-56-55-57-62-68)72(77)81-64-59-53-50-47-44-41-38-35-32-29-26-23-20-17-14-11-8-5-2/h55-57,61-62,71,79H,4-54,58-60,63-67H2,1-3H3. The maximum absolute atomic E-state index is 14.3. The quantitative estimate of drug-likeness (QED) is 0.0297. The smallest absolute Gasteiger partial charge is 0.340 e. The molecule has 0 aliphatic rings. The molecule has 0 bridgehead atoms. The van der Waals surface area contributed by atoms with Crippen LogP contribution in [0.3, 0.4) is 0 Å². The number of Topliss-reactive ketones (excluding diaryl/α,β-unsaturated/α-hetero) is 1. The van der Waals surface area contributed by atoms with Crippen LogP contribution in [0.1, 0.15) is 379 Å². The molecule has 1 N–H and O–H groups in total. The van der Waals surface area contributed by atoms with Crippen LogP contribution >= 0.6 is 0 Å². The number of esters is 3. The van der Waals surface area contributed by atoms with E-state index in [9.17, 15) is 24.3 Å². The monoisotopic (exact) mass is 1150 g/mol. The van der Waals surface area contributed by atoms with Gasteiger partial charge in [0.05, 0.1) is 26.2 Å². The van der Waals surface area contributed by atoms with Crippen molar-refractivity contribution in [3.63, 3.8) is 0 Å². The predicted octanol–water partition coefficient (Wildman–Crippen LogP) is 22.3. The fourth-order valence-electron chi connectivity index (χ4n) is 11.8. The van der Waals surface area contributed by atoms with Gasteiger partial charge >= 0.3 is 17.9 Å². The molecule has 1 aromatic rings. The molecule has 0 aliphatic heterocycles. The predicted molar refractivity (Wildman–Crippen MR) is 347 cm³/mol. The number of ketones is 1. The number of benzene rings is 1. The van der Waals surface area contributed by atoms with E-state index in [-0.39, 0.29) is 26.2 Å². The summed E-state index contributed by atoms with van der Waals surface area (Å²) in [5, 5.41) is 12.4. The van der Waals surface area contributed by atoms with Gasteiger partial charge in [0.25, 0.3) is 0 Å². The number of carbonyl (C=O) groups excluding carboxylic acids is 4. The largest absolute Gasteiger partial charge is 0.466 e. The van der Waals surface area contributed by atoms with Gasteiger partial charge in [0, 0.05) is 6.42 Å². The number of carbonyl (C=O) groups is 4. The van der Waals surface area contributed by atoms with E-state index in [4.69, 9.17) is 14.2 Å². The molecule has 2 unspecified atom stereocenters. The molecule has 478 valence electrons. The Balaban J connectivity index is 2.69. The van der Waals surface area contributed by atoms with Crippen molar-refractivity contribution in [2.75, 3.05) is 19.8 Å². The fraction of sp³-hybridized carbons (Fsp3) is 0.865. The molecule has 0 saturated heterocycles. The Labute approximate surface area is 507 Å². The Morgan fingerprint density at radius 3 is 0.866 bits per heavy atom. The molecular weight excluding hydrogens is 1020 g/mol. The summed E-state index contributed by atoms with van der Waals surface area (Å²) in [7, 11) is 0. The van der Waals surface area contributed by atoms with Crippen molar-refractivity contribution in [1.82, 2.24) is 0 Å². The first-order valence-corrected chi connectivity index (χ1v) is 36.1. The van der Waals surface area contributed by atoms with Gasteiger partial charge in [0.1, 0.15) is 0 Å². The van der Waals surface area contributed by atoms with Crippen molar-refractivity contribution >= 4 is 23.7 Å². The van der Waals surface area contributed by atoms with Crippen molar-refractivity contribution in [1.29, 1.82) is 0 Å². The molecule has 1 rings (SSSR count). The zero-order valence-electron chi connectivity index (χ0n) is 54.5. The molecule has 82 heavy (non-hydrogen) atoms. The number of hydrogen-bond acceptors (Lipinski definition) is 8. The normalized spacial score (nSPS) is 12.6. The van der Waals surface area contributed by atoms with Crippen LogP contribution in [-0.2, 0) is 39.8 Å². The zero-order chi connectivity index (χ0) is 59.3. The second-order valence-corrected chi connectivity index (χ2v) is 25.2. The van der Waals surface area contributed by atoms with Crippen LogP contribution in [-0.4, -0.2) is 54.2 Å². The van der Waals surface area contributed by atoms with Gasteiger partial charge in [-0.2, -0.15) is 0 Å². The minimum atomic E-state index is -2.78. The number of ether oxygens (including phenoxy) is 3. The molecule has 0 aliphatic carbocycles. The molecule has 0 heterocycles. The van der Waals surface area contributed by atoms with Crippen LogP contribution in [0.15, 0.2) is 30.3 Å². The molecule has 0 fully saturated rings. The van der Waals surface area contributed by atoms with Crippen LogP contribution in [0.5, 0.6) is 0 Å². The molecule has 0 aromatic heterocycles. The third-order valence-electron chi connectivity index (χ3n) is 17.3. The van der Waals surface area contributed by atoms with Gasteiger partial charge in [0.2, 0.25) is 0 Å². The minimum Gasteiger partial charge on any atom is -0.466 e. The van der Waals surface area contributed by atoms with Gasteiger partial charge in [-0.3, -0.25) is 14.4 Å². The van der Waals surface area contributed by atoms with Crippen molar-refractivity contribution in [2.45, 2.75) is 386 Å². The van der Waals surface area contributed by atoms with E-state index in [2.05, 4.69) is 20.8 Å². The Hall–Kier alpha value is -2.74. The molecule has 0 radical (unpaired) electrons. The van der Waals surface area contributed by atoms with Crippen LogP contribution in [0, 0.1) is 5.92 Å². The third kappa shape index (κ3) is 47.5. The van der Waals surface area contributed by atoms with E-state index in [0.29, 0.717) is 24.8 Å². The first-order chi connectivity index (χ1) is 40.3. The summed E-state index contributed by atoms with van der Waals surface area (Å²) in [6, 6.07) is 8.96. The fourth-order valence-corrected chi connectivity index (χ4v) is 11.8. The molecular formula is C74H134O8. The Morgan fingerprint density at radius 1 is 0.341 bits per heavy atom. The topological polar surface area (TPSA) is 116 Å². The zero-order valence-corrected chi connectivity index (χ0v) is 54.5. The number of rotatable bonds is 65. The van der Waals surface area contributed by atoms with Crippen LogP contribution in [0.25, 0.3) is 0 Å². The van der Waals surface area contributed by atoms with Gasteiger partial charge in [-0.15, -0.1) is 0 Å². The summed E-state index contributed by atoms with van der Waals surface area (Å²) in [4.78, 5) is 56.1. The summed E-state index contributed by atoms with van der Waals surface area (Å²) in [6.07, 6.45) is 66.1. The lowest BCUT2D eigenvalue weighted by molar-refractivity contribution is -0.188. The first-order valence-electron chi connectivity index (χ1n) is 36.1. The van der Waals surface area contributed by atoms with E-state index < -0.39 is 41.6 Å². The van der Waals surface area contributed by atoms with Crippen molar-refractivity contribution < 1.29 is 38.5 Å². The number of aliphatic hydroxyl groups is 1. The average molecular weight is 1150 g/mol. The van der Waals surface area contributed by atoms with Gasteiger partial charge in [-0.25, -0.2) is 4.79 Å². The Bertz CT molecular complexity index is 1550. The van der Waals surface area contributed by atoms with Crippen molar-refractivity contribution in [3.8, 4) is 0 Å². The molecule has 8 heteroatoms. The molecule has 0 amide bonds. The lowest BCUT2D eigenvalue weighted by atomic mass is 9.79. The molecule has 2 atom stereocenters. The van der Waals surface area contributed by atoms with Crippen LogP contribution in [0.4, 0.5) is 0 Å². The van der Waals surface area contributed by atoms with E-state index in [1.165, 1.54) is 270 Å². The van der Waals surface area contributed by atoms with Gasteiger partial charge in [0.15, 0.2) is 17.3 Å². The third-order valence-corrected chi connectivity index (χ3v) is 17.3. The average Bonchev–Trinajstić information content (AvgIpc) is 3.66. The number of hydrogen-bond donors (Lipinski definition) is 1. The maximum Gasteiger partial charge on any atom is 0.340 e. The lowest BCUT2D eigenvalue weighted by Crippen LogP contribution is -2.55. The molecule has 8 nitrogen and oxygen atoms in total. The Morgan fingerprint density at radius 2 is 0.585 bits per heavy atom. The molecule has 0 saturated carbocycles. The summed E-state index contributed by atoms with van der Waals surface area (Å²) < 4.78 is 17.1. The molecule has 1 aromatic carbocycles. The Kier molecular flexibility index (Phi) is 56.5. The first kappa shape index (κ1) is 77.3. The second kappa shape index (κ2) is 60.0. The van der Waals surface area contributed by atoms with Gasteiger partial charge in [-0.05, 0) is 24.8 Å². The van der Waals surface area contributed by atoms with E-state index in [0.717, 1.165) is 57.8 Å². The van der Waals surface area contributed by atoms with Crippen LogP contribution in [0.2, 0.25) is 0 Å². The van der Waals surface area contributed by atoms with Gasteiger partial charge < -0.3 is 19.3 Å². The van der Waals surface area contributed by atoms with E-state index in [1.54, 1.807) is 24.3 Å². The summed E-state index contributed by atoms with van der Waals surface area (Å²) >= 11 is 0. The molecule has 0 spiro atoms. The highest BCUT2D eigenvalue weighted by Gasteiger charge is 2.55. The lowest BCUT2D eigenvalue weighted by Gasteiger charge is -2.31. The van der Waals surface area contributed by atoms with Crippen LogP contribution < -0.4 is 0 Å². The number of unbranched alkanes of at least 4 members (excludes halogenated alkanes) is 51. The maximum atomic E-state index is 14.3. The second-order valence-electron chi connectivity index (χ2n) is 25.2. The van der Waals surface area contributed by atoms with E-state index in [1.807, 2.05) is 6.07 Å². The summed E-state index contributed by atoms with van der Waals surface area (Å²) in [5.41, 5.74) is -2.16. The SMILES string of the molecule is CCCCCCCCCCCCCCCCCCCCOC(=O)CC(O)(C(=O)OCCCCCCCCCCCCCCCCCCCC)C(C(=O)Cc1ccccc1)C(=O)OCCCCCCCCCCCCCCCCCCCC.